The van der Waals surface area contributed by atoms with Gasteiger partial charge < -0.3 is 5.32 Å². The summed E-state index contributed by atoms with van der Waals surface area (Å²) in [7, 11) is 0. The molecule has 1 N–H and O–H groups in total. The average Bonchev–Trinajstić information content (AvgIpc) is 2.28. The fourth-order valence-electron chi connectivity index (χ4n) is 2.44. The van der Waals surface area contributed by atoms with Crippen LogP contribution in [0.3, 0.4) is 0 Å². The number of fused-ring (bicyclic) bond motifs is 2. The summed E-state index contributed by atoms with van der Waals surface area (Å²) in [6.45, 7) is 2.08. The summed E-state index contributed by atoms with van der Waals surface area (Å²) < 4.78 is 0. The minimum absolute atomic E-state index is 0.154. The standard InChI is InChI=1S/C14H13NO/c1-14-9-5-4-7-11(14)13(16)10-6-2-3-8-12(10)15-14/h2-8,15H,9H2,1H3. The van der Waals surface area contributed by atoms with Crippen LogP contribution >= 0.6 is 0 Å². The number of carbonyl (C=O) groups excluding carboxylic acids is 1. The molecule has 1 aliphatic carbocycles. The van der Waals surface area contributed by atoms with E-state index < -0.39 is 0 Å². The van der Waals surface area contributed by atoms with Crippen LogP contribution in [0.15, 0.2) is 48.1 Å². The van der Waals surface area contributed by atoms with Gasteiger partial charge in [-0.25, -0.2) is 0 Å². The summed E-state index contributed by atoms with van der Waals surface area (Å²) in [6.07, 6.45) is 6.84. The fourth-order valence-corrected chi connectivity index (χ4v) is 2.44. The Balaban J connectivity index is 2.20. The molecule has 80 valence electrons. The third-order valence-corrected chi connectivity index (χ3v) is 3.35. The molecule has 1 atom stereocenters. The molecule has 0 saturated heterocycles. The fraction of sp³-hybridized carbons (Fsp3) is 0.214. The minimum Gasteiger partial charge on any atom is -0.375 e. The van der Waals surface area contributed by atoms with Crippen LogP contribution in [0.5, 0.6) is 0 Å². The Hall–Kier alpha value is -1.83. The molecule has 0 fully saturated rings. The number of hydrogen-bond donors (Lipinski definition) is 1. The van der Waals surface area contributed by atoms with Crippen LogP contribution in [0.2, 0.25) is 0 Å². The van der Waals surface area contributed by atoms with E-state index in [1.807, 2.05) is 36.4 Å². The molecule has 0 radical (unpaired) electrons. The van der Waals surface area contributed by atoms with Crippen molar-refractivity contribution >= 4 is 11.5 Å². The second-order valence-corrected chi connectivity index (χ2v) is 4.54. The van der Waals surface area contributed by atoms with Crippen molar-refractivity contribution < 1.29 is 4.79 Å². The van der Waals surface area contributed by atoms with Crippen LogP contribution < -0.4 is 5.32 Å². The second kappa shape index (κ2) is 3.08. The van der Waals surface area contributed by atoms with Gasteiger partial charge in [0.1, 0.15) is 0 Å². The first-order chi connectivity index (χ1) is 7.71. The van der Waals surface area contributed by atoms with Gasteiger partial charge in [0.2, 0.25) is 0 Å². The lowest BCUT2D eigenvalue weighted by Gasteiger charge is -2.39. The lowest BCUT2D eigenvalue weighted by molar-refractivity contribution is 0.101. The van der Waals surface area contributed by atoms with Crippen molar-refractivity contribution in [2.45, 2.75) is 18.9 Å². The predicted molar refractivity (Wildman–Crippen MR) is 64.6 cm³/mol. The second-order valence-electron chi connectivity index (χ2n) is 4.54. The van der Waals surface area contributed by atoms with Gasteiger partial charge in [-0.3, -0.25) is 4.79 Å². The van der Waals surface area contributed by atoms with E-state index in [4.69, 9.17) is 0 Å². The van der Waals surface area contributed by atoms with E-state index in [0.717, 1.165) is 23.2 Å². The van der Waals surface area contributed by atoms with Crippen molar-refractivity contribution in [2.75, 3.05) is 5.32 Å². The van der Waals surface area contributed by atoms with Gasteiger partial charge in [0, 0.05) is 16.8 Å². The molecule has 1 aromatic rings. The smallest absolute Gasteiger partial charge is 0.193 e. The van der Waals surface area contributed by atoms with Crippen molar-refractivity contribution in [1.29, 1.82) is 0 Å². The first-order valence-electron chi connectivity index (χ1n) is 5.50. The molecule has 2 nitrogen and oxygen atoms in total. The van der Waals surface area contributed by atoms with Crippen LogP contribution in [0.25, 0.3) is 0 Å². The number of para-hydroxylation sites is 1. The molecule has 1 unspecified atom stereocenters. The van der Waals surface area contributed by atoms with E-state index >= 15 is 0 Å². The number of anilines is 1. The number of Topliss-reactive ketones (excluding diaryl/α,β-unsaturated/α-hetero) is 1. The van der Waals surface area contributed by atoms with E-state index in [1.54, 1.807) is 0 Å². The van der Waals surface area contributed by atoms with Crippen LogP contribution in [0.1, 0.15) is 23.7 Å². The zero-order valence-corrected chi connectivity index (χ0v) is 9.16. The summed E-state index contributed by atoms with van der Waals surface area (Å²) in [4.78, 5) is 12.3. The molecular formula is C14H13NO. The quantitative estimate of drug-likeness (QED) is 0.714. The van der Waals surface area contributed by atoms with E-state index in [-0.39, 0.29) is 11.3 Å². The molecule has 1 aromatic carbocycles. The number of allylic oxidation sites excluding steroid dienone is 2. The SMILES string of the molecule is CC12CC=CC=C1C(=O)c1ccccc1N2. The highest BCUT2D eigenvalue weighted by atomic mass is 16.1. The molecule has 2 aliphatic rings. The van der Waals surface area contributed by atoms with E-state index in [1.165, 1.54) is 0 Å². The summed E-state index contributed by atoms with van der Waals surface area (Å²) in [5.74, 6) is 0.154. The minimum atomic E-state index is -0.236. The van der Waals surface area contributed by atoms with Gasteiger partial charge >= 0.3 is 0 Å². The van der Waals surface area contributed by atoms with Gasteiger partial charge in [-0.2, -0.15) is 0 Å². The van der Waals surface area contributed by atoms with Gasteiger partial charge in [0.05, 0.1) is 5.54 Å². The van der Waals surface area contributed by atoms with Crippen molar-refractivity contribution in [3.05, 3.63) is 53.6 Å². The van der Waals surface area contributed by atoms with Crippen molar-refractivity contribution in [3.63, 3.8) is 0 Å². The van der Waals surface area contributed by atoms with Gasteiger partial charge in [-0.05, 0) is 25.5 Å². The van der Waals surface area contributed by atoms with Crippen LogP contribution in [-0.2, 0) is 0 Å². The largest absolute Gasteiger partial charge is 0.375 e. The van der Waals surface area contributed by atoms with Crippen molar-refractivity contribution in [3.8, 4) is 0 Å². The molecule has 16 heavy (non-hydrogen) atoms. The first-order valence-corrected chi connectivity index (χ1v) is 5.50. The summed E-state index contributed by atoms with van der Waals surface area (Å²) in [5, 5.41) is 3.47. The molecule has 0 aromatic heterocycles. The molecule has 0 spiro atoms. The number of benzene rings is 1. The van der Waals surface area contributed by atoms with Gasteiger partial charge in [0.15, 0.2) is 5.78 Å². The number of hydrogen-bond acceptors (Lipinski definition) is 2. The predicted octanol–water partition coefficient (Wildman–Crippen LogP) is 2.94. The Bertz CT molecular complexity index is 527. The Morgan fingerprint density at radius 1 is 1.31 bits per heavy atom. The van der Waals surface area contributed by atoms with E-state index in [0.29, 0.717) is 0 Å². The highest BCUT2D eigenvalue weighted by Gasteiger charge is 2.38. The van der Waals surface area contributed by atoms with Crippen molar-refractivity contribution in [1.82, 2.24) is 0 Å². The first kappa shape index (κ1) is 9.40. The number of rotatable bonds is 0. The number of carbonyl (C=O) groups is 1. The van der Waals surface area contributed by atoms with Gasteiger partial charge in [0.25, 0.3) is 0 Å². The third kappa shape index (κ3) is 1.16. The molecule has 0 saturated carbocycles. The average molecular weight is 211 g/mol. The molecule has 0 bridgehead atoms. The van der Waals surface area contributed by atoms with Crippen LogP contribution in [0, 0.1) is 0 Å². The van der Waals surface area contributed by atoms with Crippen LogP contribution in [0.4, 0.5) is 5.69 Å². The maximum atomic E-state index is 12.3. The highest BCUT2D eigenvalue weighted by molar-refractivity contribution is 6.16. The Kier molecular flexibility index (Phi) is 1.81. The van der Waals surface area contributed by atoms with Gasteiger partial charge in [-0.15, -0.1) is 0 Å². The molecule has 1 heterocycles. The van der Waals surface area contributed by atoms with E-state index in [9.17, 15) is 4.79 Å². The van der Waals surface area contributed by atoms with Crippen molar-refractivity contribution in [2.24, 2.45) is 0 Å². The Morgan fingerprint density at radius 3 is 3.00 bits per heavy atom. The summed E-state index contributed by atoms with van der Waals surface area (Å²) >= 11 is 0. The lowest BCUT2D eigenvalue weighted by Crippen LogP contribution is -2.44. The van der Waals surface area contributed by atoms with Crippen LogP contribution in [-0.4, -0.2) is 11.3 Å². The Morgan fingerprint density at radius 2 is 2.12 bits per heavy atom. The van der Waals surface area contributed by atoms with Gasteiger partial charge in [-0.1, -0.05) is 30.4 Å². The molecular weight excluding hydrogens is 198 g/mol. The summed E-state index contributed by atoms with van der Waals surface area (Å²) in [6, 6.07) is 7.70. The topological polar surface area (TPSA) is 29.1 Å². The maximum Gasteiger partial charge on any atom is 0.193 e. The number of ketones is 1. The lowest BCUT2D eigenvalue weighted by atomic mass is 9.77. The highest BCUT2D eigenvalue weighted by Crippen LogP contribution is 2.38. The normalized spacial score (nSPS) is 26.6. The Labute approximate surface area is 94.7 Å². The zero-order valence-electron chi connectivity index (χ0n) is 9.16. The monoisotopic (exact) mass is 211 g/mol. The third-order valence-electron chi connectivity index (χ3n) is 3.35. The molecule has 2 heteroatoms. The molecule has 0 amide bonds. The number of nitrogens with one attached hydrogen (secondary N) is 1. The zero-order chi connectivity index (χ0) is 11.2. The maximum absolute atomic E-state index is 12.3. The summed E-state index contributed by atoms with van der Waals surface area (Å²) in [5.41, 5.74) is 2.36. The molecule has 1 aliphatic heterocycles. The van der Waals surface area contributed by atoms with E-state index in [2.05, 4.69) is 18.3 Å². The molecule has 3 rings (SSSR count).